The van der Waals surface area contributed by atoms with Crippen molar-refractivity contribution in [1.82, 2.24) is 0 Å². The van der Waals surface area contributed by atoms with Crippen LogP contribution >= 0.6 is 11.6 Å². The van der Waals surface area contributed by atoms with Gasteiger partial charge in [0.05, 0.1) is 0 Å². The van der Waals surface area contributed by atoms with Gasteiger partial charge in [0.1, 0.15) is 5.75 Å². The molecule has 23 heavy (non-hydrogen) atoms. The summed E-state index contributed by atoms with van der Waals surface area (Å²) in [5.74, 6) is 0.320. The lowest BCUT2D eigenvalue weighted by Crippen LogP contribution is -2.38. The fraction of sp³-hybridized carbons (Fsp3) is 0.278. The van der Waals surface area contributed by atoms with Crippen molar-refractivity contribution in [3.8, 4) is 0 Å². The molecule has 0 aromatic heterocycles. The molecule has 1 amide bonds. The number of amides is 1. The summed E-state index contributed by atoms with van der Waals surface area (Å²) >= 11 is 5.94. The van der Waals surface area contributed by atoms with Crippen molar-refractivity contribution in [2.75, 3.05) is 17.2 Å². The standard InChI is InChI=1S/C18H18ClNO2S/c19-16-8-3-5-14(11-16)12-23(22)13-18(21)20-10-4-7-15-6-1-2-9-17(15)20/h1-3,5-6,8-9,11H,4,7,10,12-13H2. The van der Waals surface area contributed by atoms with Gasteiger partial charge in [0, 0.05) is 33.8 Å². The number of rotatable bonds is 4. The average Bonchev–Trinajstić information content (AvgIpc) is 2.54. The van der Waals surface area contributed by atoms with Crippen molar-refractivity contribution in [3.63, 3.8) is 0 Å². The topological polar surface area (TPSA) is 37.4 Å². The summed E-state index contributed by atoms with van der Waals surface area (Å²) in [6.07, 6.45) is 1.94. The van der Waals surface area contributed by atoms with Crippen molar-refractivity contribution in [2.24, 2.45) is 0 Å². The number of benzene rings is 2. The molecule has 0 aliphatic carbocycles. The van der Waals surface area contributed by atoms with Gasteiger partial charge < -0.3 is 4.90 Å². The van der Waals surface area contributed by atoms with Crippen LogP contribution in [-0.2, 0) is 27.8 Å². The fourth-order valence-corrected chi connectivity index (χ4v) is 4.17. The summed E-state index contributed by atoms with van der Waals surface area (Å²) in [6.45, 7) is 0.699. The van der Waals surface area contributed by atoms with E-state index in [2.05, 4.69) is 6.07 Å². The second-order valence-corrected chi connectivity index (χ2v) is 7.53. The molecule has 120 valence electrons. The molecule has 0 saturated carbocycles. The van der Waals surface area contributed by atoms with Gasteiger partial charge in [-0.2, -0.15) is 0 Å². The van der Waals surface area contributed by atoms with E-state index in [1.807, 2.05) is 30.3 Å². The van der Waals surface area contributed by atoms with Crippen molar-refractivity contribution in [3.05, 3.63) is 64.7 Å². The number of anilines is 1. The number of carbonyl (C=O) groups excluding carboxylic acids is 1. The van der Waals surface area contributed by atoms with Crippen LogP contribution < -0.4 is 4.90 Å². The minimum absolute atomic E-state index is 0.0425. The van der Waals surface area contributed by atoms with Crippen LogP contribution in [0.15, 0.2) is 48.5 Å². The molecule has 3 rings (SSSR count). The maximum Gasteiger partial charge on any atom is 0.239 e. The Morgan fingerprint density at radius 2 is 2.00 bits per heavy atom. The van der Waals surface area contributed by atoms with Crippen molar-refractivity contribution >= 4 is 34.0 Å². The summed E-state index contributed by atoms with van der Waals surface area (Å²) in [6, 6.07) is 15.2. The van der Waals surface area contributed by atoms with Crippen LogP contribution in [0.25, 0.3) is 0 Å². The van der Waals surface area contributed by atoms with Gasteiger partial charge in [0.25, 0.3) is 0 Å². The number of nitrogens with zero attached hydrogens (tertiary/aromatic N) is 1. The second-order valence-electron chi connectivity index (χ2n) is 5.64. The van der Waals surface area contributed by atoms with Crippen LogP contribution in [0.4, 0.5) is 5.69 Å². The second kappa shape index (κ2) is 7.28. The number of aryl methyl sites for hydroxylation is 1. The Labute approximate surface area is 143 Å². The predicted octanol–water partition coefficient (Wildman–Crippen LogP) is 3.57. The Kier molecular flexibility index (Phi) is 5.13. The summed E-state index contributed by atoms with van der Waals surface area (Å²) in [7, 11) is -1.24. The molecule has 0 N–H and O–H groups in total. The number of fused-ring (bicyclic) bond motifs is 1. The highest BCUT2D eigenvalue weighted by atomic mass is 35.5. The third kappa shape index (κ3) is 4.01. The maximum absolute atomic E-state index is 12.5. The van der Waals surface area contributed by atoms with Gasteiger partial charge in [0.2, 0.25) is 5.91 Å². The first-order chi connectivity index (χ1) is 11.1. The Balaban J connectivity index is 1.67. The summed E-state index contributed by atoms with van der Waals surface area (Å²) in [5, 5.41) is 0.621. The molecule has 0 bridgehead atoms. The van der Waals surface area contributed by atoms with Gasteiger partial charge in [-0.3, -0.25) is 9.00 Å². The van der Waals surface area contributed by atoms with Gasteiger partial charge in [-0.05, 0) is 42.2 Å². The number of halogens is 1. The van der Waals surface area contributed by atoms with E-state index in [4.69, 9.17) is 11.6 Å². The third-order valence-electron chi connectivity index (χ3n) is 3.91. The number of hydrogen-bond donors (Lipinski definition) is 0. The molecule has 5 heteroatoms. The van der Waals surface area contributed by atoms with E-state index >= 15 is 0 Å². The fourth-order valence-electron chi connectivity index (χ4n) is 2.87. The molecule has 0 saturated heterocycles. The molecule has 2 aromatic rings. The lowest BCUT2D eigenvalue weighted by Gasteiger charge is -2.29. The van der Waals surface area contributed by atoms with E-state index < -0.39 is 10.8 Å². The van der Waals surface area contributed by atoms with Gasteiger partial charge >= 0.3 is 0 Å². The Morgan fingerprint density at radius 3 is 2.83 bits per heavy atom. The zero-order valence-electron chi connectivity index (χ0n) is 12.7. The van der Waals surface area contributed by atoms with E-state index in [1.54, 1.807) is 17.0 Å². The number of hydrogen-bond acceptors (Lipinski definition) is 2. The van der Waals surface area contributed by atoms with Gasteiger partial charge in [0.15, 0.2) is 0 Å². The normalized spacial score (nSPS) is 15.1. The van der Waals surface area contributed by atoms with E-state index in [1.165, 1.54) is 5.56 Å². The Morgan fingerprint density at radius 1 is 1.17 bits per heavy atom. The molecule has 3 nitrogen and oxygen atoms in total. The third-order valence-corrected chi connectivity index (χ3v) is 5.37. The highest BCUT2D eigenvalue weighted by Gasteiger charge is 2.23. The van der Waals surface area contributed by atoms with Gasteiger partial charge in [-0.25, -0.2) is 0 Å². The molecule has 0 fully saturated rings. The van der Waals surface area contributed by atoms with Crippen LogP contribution in [0.2, 0.25) is 5.02 Å². The van der Waals surface area contributed by atoms with Crippen LogP contribution in [0.3, 0.4) is 0 Å². The molecular formula is C18H18ClNO2S. The van der Waals surface area contributed by atoms with Crippen LogP contribution in [0, 0.1) is 0 Å². The molecule has 1 atom stereocenters. The summed E-state index contributed by atoms with van der Waals surface area (Å²) < 4.78 is 12.3. The molecule has 1 aliphatic rings. The number of carbonyl (C=O) groups is 1. The zero-order valence-corrected chi connectivity index (χ0v) is 14.3. The average molecular weight is 348 g/mol. The number of para-hydroxylation sites is 1. The lowest BCUT2D eigenvalue weighted by atomic mass is 10.0. The molecule has 0 spiro atoms. The summed E-state index contributed by atoms with van der Waals surface area (Å²) in [5.41, 5.74) is 3.04. The predicted molar refractivity (Wildman–Crippen MR) is 95.3 cm³/mol. The maximum atomic E-state index is 12.5. The molecule has 1 unspecified atom stereocenters. The van der Waals surface area contributed by atoms with Crippen LogP contribution in [0.5, 0.6) is 0 Å². The Hall–Kier alpha value is -1.65. The first kappa shape index (κ1) is 16.2. The highest BCUT2D eigenvalue weighted by Crippen LogP contribution is 2.26. The quantitative estimate of drug-likeness (QED) is 0.848. The Bertz CT molecular complexity index is 747. The SMILES string of the molecule is O=C(CS(=O)Cc1cccc(Cl)c1)N1CCCc2ccccc21. The van der Waals surface area contributed by atoms with Crippen LogP contribution in [0.1, 0.15) is 17.5 Å². The lowest BCUT2D eigenvalue weighted by molar-refractivity contribution is -0.116. The molecule has 0 radical (unpaired) electrons. The largest absolute Gasteiger partial charge is 0.311 e. The smallest absolute Gasteiger partial charge is 0.239 e. The summed E-state index contributed by atoms with van der Waals surface area (Å²) in [4.78, 5) is 14.3. The van der Waals surface area contributed by atoms with E-state index in [0.29, 0.717) is 17.3 Å². The first-order valence-corrected chi connectivity index (χ1v) is 9.48. The molecule has 1 heterocycles. The molecule has 2 aromatic carbocycles. The van der Waals surface area contributed by atoms with Crippen molar-refractivity contribution in [1.29, 1.82) is 0 Å². The van der Waals surface area contributed by atoms with E-state index in [0.717, 1.165) is 24.1 Å². The highest BCUT2D eigenvalue weighted by molar-refractivity contribution is 7.84. The zero-order chi connectivity index (χ0) is 16.2. The molecular weight excluding hydrogens is 330 g/mol. The molecule has 1 aliphatic heterocycles. The monoisotopic (exact) mass is 347 g/mol. The first-order valence-electron chi connectivity index (χ1n) is 7.61. The van der Waals surface area contributed by atoms with Crippen LogP contribution in [-0.4, -0.2) is 22.4 Å². The van der Waals surface area contributed by atoms with Gasteiger partial charge in [-0.1, -0.05) is 41.9 Å². The minimum Gasteiger partial charge on any atom is -0.311 e. The van der Waals surface area contributed by atoms with E-state index in [9.17, 15) is 9.00 Å². The van der Waals surface area contributed by atoms with Crippen molar-refractivity contribution < 1.29 is 9.00 Å². The minimum atomic E-state index is -1.24. The van der Waals surface area contributed by atoms with Gasteiger partial charge in [-0.15, -0.1) is 0 Å². The van der Waals surface area contributed by atoms with Crippen molar-refractivity contribution in [2.45, 2.75) is 18.6 Å². The van der Waals surface area contributed by atoms with E-state index in [-0.39, 0.29) is 11.7 Å².